The van der Waals surface area contributed by atoms with Crippen LogP contribution in [0.1, 0.15) is 12.2 Å². The summed E-state index contributed by atoms with van der Waals surface area (Å²) in [5.41, 5.74) is 0. The minimum Gasteiger partial charge on any atom is -0.447 e. The van der Waals surface area contributed by atoms with E-state index >= 15 is 0 Å². The summed E-state index contributed by atoms with van der Waals surface area (Å²) < 4.78 is 30.9. The topological polar surface area (TPSA) is 71.3 Å². The zero-order chi connectivity index (χ0) is 12.0. The highest BCUT2D eigenvalue weighted by Gasteiger charge is 2.17. The molecule has 16 heavy (non-hydrogen) atoms. The Balaban J connectivity index is 2.69. The van der Waals surface area contributed by atoms with Gasteiger partial charge in [-0.15, -0.1) is 6.58 Å². The standard InChI is InChI=1S/C10H16N2O3S/c1-3-4-7-12-16(13,14)10-6-5-9(15-10)8-11-2/h3,5-6,11-12H,1,4,7-8H2,2H3. The second kappa shape index (κ2) is 5.83. The quantitative estimate of drug-likeness (QED) is 0.551. The van der Waals surface area contributed by atoms with E-state index < -0.39 is 10.0 Å². The fraction of sp³-hybridized carbons (Fsp3) is 0.400. The van der Waals surface area contributed by atoms with Crippen molar-refractivity contribution in [2.24, 2.45) is 0 Å². The van der Waals surface area contributed by atoms with Crippen molar-refractivity contribution >= 4 is 10.0 Å². The Kier molecular flexibility index (Phi) is 4.72. The number of sulfonamides is 1. The fourth-order valence-corrected chi connectivity index (χ4v) is 2.13. The van der Waals surface area contributed by atoms with Gasteiger partial charge < -0.3 is 9.73 Å². The van der Waals surface area contributed by atoms with E-state index in [4.69, 9.17) is 4.42 Å². The van der Waals surface area contributed by atoms with Gasteiger partial charge in [-0.3, -0.25) is 0 Å². The summed E-state index contributed by atoms with van der Waals surface area (Å²) >= 11 is 0. The first-order valence-corrected chi connectivity index (χ1v) is 6.42. The molecule has 0 spiro atoms. The molecule has 0 atom stereocenters. The predicted octanol–water partition coefficient (Wildman–Crippen LogP) is 0.853. The van der Waals surface area contributed by atoms with Crippen molar-refractivity contribution in [2.45, 2.75) is 18.1 Å². The first kappa shape index (κ1) is 13.0. The zero-order valence-corrected chi connectivity index (χ0v) is 10.0. The van der Waals surface area contributed by atoms with E-state index in [0.717, 1.165) is 0 Å². The molecule has 0 aromatic carbocycles. The number of hydrogen-bond donors (Lipinski definition) is 2. The third kappa shape index (κ3) is 3.48. The molecule has 0 unspecified atom stereocenters. The lowest BCUT2D eigenvalue weighted by Gasteiger charge is -2.01. The third-order valence-electron chi connectivity index (χ3n) is 1.89. The molecule has 0 aliphatic carbocycles. The molecular weight excluding hydrogens is 228 g/mol. The van der Waals surface area contributed by atoms with E-state index in [-0.39, 0.29) is 5.09 Å². The first-order valence-electron chi connectivity index (χ1n) is 4.94. The summed E-state index contributed by atoms with van der Waals surface area (Å²) in [6.07, 6.45) is 2.24. The Morgan fingerprint density at radius 1 is 1.50 bits per heavy atom. The van der Waals surface area contributed by atoms with Crippen molar-refractivity contribution in [1.29, 1.82) is 0 Å². The average Bonchev–Trinajstić information content (AvgIpc) is 2.68. The van der Waals surface area contributed by atoms with Crippen LogP contribution in [-0.4, -0.2) is 22.0 Å². The van der Waals surface area contributed by atoms with Crippen molar-refractivity contribution in [2.75, 3.05) is 13.6 Å². The predicted molar refractivity (Wildman–Crippen MR) is 61.5 cm³/mol. The van der Waals surface area contributed by atoms with Crippen LogP contribution >= 0.6 is 0 Å². The molecule has 5 nitrogen and oxygen atoms in total. The van der Waals surface area contributed by atoms with Crippen LogP contribution in [0.25, 0.3) is 0 Å². The van der Waals surface area contributed by atoms with Crippen LogP contribution in [0, 0.1) is 0 Å². The van der Waals surface area contributed by atoms with Gasteiger partial charge in [-0.1, -0.05) is 6.08 Å². The Labute approximate surface area is 95.6 Å². The molecule has 0 fully saturated rings. The van der Waals surface area contributed by atoms with E-state index in [1.807, 2.05) is 0 Å². The number of furan rings is 1. The normalized spacial score (nSPS) is 11.6. The molecule has 1 heterocycles. The Bertz CT molecular complexity index is 437. The van der Waals surface area contributed by atoms with Crippen LogP contribution in [0.4, 0.5) is 0 Å². The number of rotatable bonds is 7. The summed E-state index contributed by atoms with van der Waals surface area (Å²) in [6.45, 7) is 4.34. The molecule has 0 amide bonds. The van der Waals surface area contributed by atoms with Gasteiger partial charge in [0.2, 0.25) is 5.09 Å². The van der Waals surface area contributed by atoms with E-state index in [1.54, 1.807) is 19.2 Å². The first-order chi connectivity index (χ1) is 7.60. The second-order valence-electron chi connectivity index (χ2n) is 3.23. The summed E-state index contributed by atoms with van der Waals surface area (Å²) in [4.78, 5) is 0. The van der Waals surface area contributed by atoms with Crippen LogP contribution < -0.4 is 10.0 Å². The van der Waals surface area contributed by atoms with Crippen molar-refractivity contribution in [3.05, 3.63) is 30.5 Å². The van der Waals surface area contributed by atoms with Gasteiger partial charge >= 0.3 is 0 Å². The maximum Gasteiger partial charge on any atom is 0.273 e. The highest BCUT2D eigenvalue weighted by molar-refractivity contribution is 7.89. The van der Waals surface area contributed by atoms with Crippen LogP contribution in [0.2, 0.25) is 0 Å². The molecule has 0 saturated heterocycles. The third-order valence-corrected chi connectivity index (χ3v) is 3.23. The molecule has 2 N–H and O–H groups in total. The molecule has 1 rings (SSSR count). The monoisotopic (exact) mass is 244 g/mol. The summed E-state index contributed by atoms with van der Waals surface area (Å²) in [7, 11) is -1.76. The van der Waals surface area contributed by atoms with E-state index in [2.05, 4.69) is 16.6 Å². The SMILES string of the molecule is C=CCCNS(=O)(=O)c1ccc(CNC)o1. The largest absolute Gasteiger partial charge is 0.447 e. The molecular formula is C10H16N2O3S. The molecule has 0 radical (unpaired) electrons. The molecule has 90 valence electrons. The minimum absolute atomic E-state index is 0.0539. The number of nitrogens with one attached hydrogen (secondary N) is 2. The van der Waals surface area contributed by atoms with Gasteiger partial charge in [-0.05, 0) is 25.6 Å². The summed E-state index contributed by atoms with van der Waals surface area (Å²) in [6, 6.07) is 3.08. The van der Waals surface area contributed by atoms with Crippen molar-refractivity contribution < 1.29 is 12.8 Å². The van der Waals surface area contributed by atoms with E-state index in [1.165, 1.54) is 6.07 Å². The van der Waals surface area contributed by atoms with E-state index in [0.29, 0.717) is 25.3 Å². The van der Waals surface area contributed by atoms with Crippen molar-refractivity contribution in [3.8, 4) is 0 Å². The maximum absolute atomic E-state index is 11.7. The van der Waals surface area contributed by atoms with Crippen LogP contribution in [-0.2, 0) is 16.6 Å². The summed E-state index contributed by atoms with van der Waals surface area (Å²) in [5, 5.41) is 2.82. The maximum atomic E-state index is 11.7. The van der Waals surface area contributed by atoms with Gasteiger partial charge in [0.25, 0.3) is 10.0 Å². The van der Waals surface area contributed by atoms with Crippen LogP contribution in [0.15, 0.2) is 34.3 Å². The fourth-order valence-electron chi connectivity index (χ4n) is 1.14. The molecule has 1 aromatic heterocycles. The van der Waals surface area contributed by atoms with Gasteiger partial charge in [0, 0.05) is 6.54 Å². The number of hydrogen-bond acceptors (Lipinski definition) is 4. The van der Waals surface area contributed by atoms with Gasteiger partial charge in [0.1, 0.15) is 5.76 Å². The van der Waals surface area contributed by atoms with Gasteiger partial charge in [-0.2, -0.15) is 0 Å². The lowest BCUT2D eigenvalue weighted by molar-refractivity contribution is 0.405. The zero-order valence-electron chi connectivity index (χ0n) is 9.19. The van der Waals surface area contributed by atoms with Crippen molar-refractivity contribution in [3.63, 3.8) is 0 Å². The molecule has 1 aromatic rings. The Morgan fingerprint density at radius 2 is 2.25 bits per heavy atom. The molecule has 0 aliphatic rings. The van der Waals surface area contributed by atoms with Crippen LogP contribution in [0.3, 0.4) is 0 Å². The molecule has 0 aliphatic heterocycles. The molecule has 0 saturated carbocycles. The van der Waals surface area contributed by atoms with Gasteiger partial charge in [0.05, 0.1) is 6.54 Å². The highest BCUT2D eigenvalue weighted by Crippen LogP contribution is 2.13. The van der Waals surface area contributed by atoms with Crippen LogP contribution in [0.5, 0.6) is 0 Å². The van der Waals surface area contributed by atoms with Crippen molar-refractivity contribution in [1.82, 2.24) is 10.0 Å². The summed E-state index contributed by atoms with van der Waals surface area (Å²) in [5.74, 6) is 0.589. The van der Waals surface area contributed by atoms with E-state index in [9.17, 15) is 8.42 Å². The molecule has 0 bridgehead atoms. The molecule has 6 heteroatoms. The average molecular weight is 244 g/mol. The second-order valence-corrected chi connectivity index (χ2v) is 4.92. The lowest BCUT2D eigenvalue weighted by Crippen LogP contribution is -2.24. The highest BCUT2D eigenvalue weighted by atomic mass is 32.2. The smallest absolute Gasteiger partial charge is 0.273 e. The van der Waals surface area contributed by atoms with Gasteiger partial charge in [0.15, 0.2) is 0 Å². The minimum atomic E-state index is -3.52. The Morgan fingerprint density at radius 3 is 2.88 bits per heavy atom. The lowest BCUT2D eigenvalue weighted by atomic mass is 10.4. The Hall–Kier alpha value is -1.11. The van der Waals surface area contributed by atoms with Gasteiger partial charge in [-0.25, -0.2) is 13.1 Å².